The summed E-state index contributed by atoms with van der Waals surface area (Å²) >= 11 is 0. The molecule has 4 aromatic heterocycles. The Hall–Kier alpha value is -6.45. The Bertz CT molecular complexity index is 2110. The van der Waals surface area contributed by atoms with Crippen LogP contribution in [-0.2, 0) is 16.1 Å². The molecule has 2 aromatic carbocycles. The number of rotatable bonds is 8. The lowest BCUT2D eigenvalue weighted by Gasteiger charge is -2.30. The monoisotopic (exact) mass is 652 g/mol. The van der Waals surface area contributed by atoms with Gasteiger partial charge in [-0.1, -0.05) is 60.7 Å². The Morgan fingerprint density at radius 1 is 0.898 bits per heavy atom. The number of carbonyl (C=O) groups is 2. The summed E-state index contributed by atoms with van der Waals surface area (Å²) in [5, 5.41) is 32.6. The standard InChI is InChI=1S/C33H28N8.C4H4O4/c34-21-24-13-19-41-29(20-24)36-30(31(41)26-6-2-1-3-7-26)25-11-9-23(10-12-25)22-40-17-14-27(15-18-40)32-37-33(39-38-32)28-8-4-5-16-35-28;5-3(6)1-2-4(7)8/h1-13,16,19-20,27H,14-15,17-18,22H2,(H,37,38,39);1-2H,(H,5,6)(H,7,8)/b;2-1-. The molecular formula is C37H32N8O4. The maximum atomic E-state index is 9.55. The van der Waals surface area contributed by atoms with Gasteiger partial charge in [-0.25, -0.2) is 19.6 Å². The molecule has 1 fully saturated rings. The molecule has 0 amide bonds. The van der Waals surface area contributed by atoms with E-state index < -0.39 is 11.9 Å². The number of hydrogen-bond acceptors (Lipinski definition) is 8. The Kier molecular flexibility index (Phi) is 9.93. The van der Waals surface area contributed by atoms with E-state index in [-0.39, 0.29) is 0 Å². The van der Waals surface area contributed by atoms with Gasteiger partial charge in [-0.2, -0.15) is 10.4 Å². The highest BCUT2D eigenvalue weighted by Gasteiger charge is 2.24. The van der Waals surface area contributed by atoms with E-state index in [9.17, 15) is 14.9 Å². The van der Waals surface area contributed by atoms with Crippen molar-refractivity contribution in [2.24, 2.45) is 0 Å². The molecule has 0 aliphatic carbocycles. The Balaban J connectivity index is 0.000000466. The highest BCUT2D eigenvalue weighted by molar-refractivity contribution is 5.89. The molecule has 3 N–H and O–H groups in total. The fraction of sp³-hybridized carbons (Fsp3) is 0.162. The molecule has 0 atom stereocenters. The number of piperidine rings is 1. The van der Waals surface area contributed by atoms with Crippen molar-refractivity contribution in [3.8, 4) is 40.1 Å². The van der Waals surface area contributed by atoms with Gasteiger partial charge in [0.2, 0.25) is 0 Å². The molecule has 12 nitrogen and oxygen atoms in total. The molecule has 1 aliphatic rings. The van der Waals surface area contributed by atoms with E-state index in [1.807, 2.05) is 54.7 Å². The van der Waals surface area contributed by atoms with E-state index in [1.165, 1.54) is 5.56 Å². The number of benzene rings is 2. The van der Waals surface area contributed by atoms with Gasteiger partial charge in [0, 0.05) is 48.1 Å². The van der Waals surface area contributed by atoms with Crippen LogP contribution >= 0.6 is 0 Å². The van der Waals surface area contributed by atoms with Crippen LogP contribution in [0.3, 0.4) is 0 Å². The number of fused-ring (bicyclic) bond motifs is 1. The first-order chi connectivity index (χ1) is 23.9. The maximum absolute atomic E-state index is 9.55. The number of carboxylic acid groups (broad SMARTS) is 2. The van der Waals surface area contributed by atoms with Crippen molar-refractivity contribution < 1.29 is 19.8 Å². The number of likely N-dealkylation sites (tertiary alicyclic amines) is 1. The molecule has 49 heavy (non-hydrogen) atoms. The second kappa shape index (κ2) is 15.0. The van der Waals surface area contributed by atoms with Gasteiger partial charge in [-0.05, 0) is 55.8 Å². The van der Waals surface area contributed by atoms with Gasteiger partial charge < -0.3 is 10.2 Å². The highest BCUT2D eigenvalue weighted by Crippen LogP contribution is 2.34. The minimum absolute atomic E-state index is 0.381. The summed E-state index contributed by atoms with van der Waals surface area (Å²) in [6.07, 6.45) is 6.90. The van der Waals surface area contributed by atoms with Crippen LogP contribution in [-0.4, -0.2) is 69.7 Å². The predicted molar refractivity (Wildman–Crippen MR) is 182 cm³/mol. The maximum Gasteiger partial charge on any atom is 0.328 e. The Morgan fingerprint density at radius 2 is 1.61 bits per heavy atom. The first-order valence-electron chi connectivity index (χ1n) is 15.6. The van der Waals surface area contributed by atoms with Crippen LogP contribution in [0.15, 0.2) is 109 Å². The van der Waals surface area contributed by atoms with Crippen LogP contribution in [0.25, 0.3) is 39.7 Å². The number of aromatic nitrogens is 6. The smallest absolute Gasteiger partial charge is 0.328 e. The SMILES string of the molecule is N#Cc1ccn2c(-c3ccccc3)c(-c3ccc(CN4CCC(c5nc(-c6ccccn6)n[nH]5)CC4)cc3)nc2c1.O=C(O)/C=C\C(=O)O. The van der Waals surface area contributed by atoms with E-state index in [2.05, 4.69) is 66.9 Å². The Morgan fingerprint density at radius 3 is 2.27 bits per heavy atom. The zero-order chi connectivity index (χ0) is 34.2. The van der Waals surface area contributed by atoms with Gasteiger partial charge >= 0.3 is 11.9 Å². The second-order valence-electron chi connectivity index (χ2n) is 11.4. The molecule has 0 bridgehead atoms. The third kappa shape index (κ3) is 7.93. The predicted octanol–water partition coefficient (Wildman–Crippen LogP) is 5.81. The number of carboxylic acids is 2. The third-order valence-corrected chi connectivity index (χ3v) is 8.18. The highest BCUT2D eigenvalue weighted by atomic mass is 16.4. The summed E-state index contributed by atoms with van der Waals surface area (Å²) in [6, 6.07) is 30.7. The molecule has 1 aliphatic heterocycles. The first-order valence-corrected chi connectivity index (χ1v) is 15.6. The average molecular weight is 653 g/mol. The lowest BCUT2D eigenvalue weighted by Crippen LogP contribution is -2.32. The number of aromatic amines is 1. The van der Waals surface area contributed by atoms with Crippen molar-refractivity contribution in [2.75, 3.05) is 13.1 Å². The summed E-state index contributed by atoms with van der Waals surface area (Å²) in [4.78, 5) is 35.7. The van der Waals surface area contributed by atoms with Crippen LogP contribution < -0.4 is 0 Å². The molecule has 7 rings (SSSR count). The molecular weight excluding hydrogens is 620 g/mol. The van der Waals surface area contributed by atoms with Crippen molar-refractivity contribution in [3.05, 3.63) is 126 Å². The van der Waals surface area contributed by atoms with Crippen molar-refractivity contribution in [2.45, 2.75) is 25.3 Å². The van der Waals surface area contributed by atoms with E-state index in [1.54, 1.807) is 6.20 Å². The molecule has 5 heterocycles. The largest absolute Gasteiger partial charge is 0.478 e. The number of H-pyrrole nitrogens is 1. The Labute approximate surface area is 281 Å². The molecule has 0 radical (unpaired) electrons. The summed E-state index contributed by atoms with van der Waals surface area (Å²) in [6.45, 7) is 2.93. The van der Waals surface area contributed by atoms with Crippen LogP contribution in [0, 0.1) is 11.3 Å². The third-order valence-electron chi connectivity index (χ3n) is 8.18. The van der Waals surface area contributed by atoms with E-state index in [4.69, 9.17) is 20.2 Å². The molecule has 1 saturated heterocycles. The van der Waals surface area contributed by atoms with Crippen LogP contribution in [0.4, 0.5) is 0 Å². The fourth-order valence-electron chi connectivity index (χ4n) is 5.79. The topological polar surface area (TPSA) is 173 Å². The number of nitrogens with one attached hydrogen (secondary N) is 1. The van der Waals surface area contributed by atoms with Gasteiger partial charge in [0.15, 0.2) is 5.82 Å². The van der Waals surface area contributed by atoms with Crippen LogP contribution in [0.5, 0.6) is 0 Å². The van der Waals surface area contributed by atoms with E-state index in [0.717, 1.165) is 72.2 Å². The van der Waals surface area contributed by atoms with Crippen LogP contribution in [0.1, 0.15) is 35.7 Å². The number of pyridine rings is 2. The van der Waals surface area contributed by atoms with E-state index in [0.29, 0.717) is 29.5 Å². The molecule has 12 heteroatoms. The molecule has 0 saturated carbocycles. The van der Waals surface area contributed by atoms with Crippen LogP contribution in [0.2, 0.25) is 0 Å². The zero-order valence-electron chi connectivity index (χ0n) is 26.3. The molecule has 0 unspecified atom stereocenters. The van der Waals surface area contributed by atoms with Gasteiger partial charge in [0.25, 0.3) is 0 Å². The lowest BCUT2D eigenvalue weighted by molar-refractivity contribution is -0.134. The zero-order valence-corrected chi connectivity index (χ0v) is 26.3. The number of hydrogen-bond donors (Lipinski definition) is 3. The lowest BCUT2D eigenvalue weighted by atomic mass is 9.95. The molecule has 0 spiro atoms. The first kappa shape index (κ1) is 32.5. The van der Waals surface area contributed by atoms with Crippen molar-refractivity contribution in [1.29, 1.82) is 5.26 Å². The number of imidazole rings is 1. The summed E-state index contributed by atoms with van der Waals surface area (Å²) in [5.74, 6) is -0.515. The quantitative estimate of drug-likeness (QED) is 0.170. The summed E-state index contributed by atoms with van der Waals surface area (Å²) < 4.78 is 2.07. The summed E-state index contributed by atoms with van der Waals surface area (Å²) in [5.41, 5.74) is 7.53. The van der Waals surface area contributed by atoms with Crippen molar-refractivity contribution in [3.63, 3.8) is 0 Å². The minimum atomic E-state index is -1.26. The van der Waals surface area contributed by atoms with Gasteiger partial charge in [0.1, 0.15) is 17.2 Å². The minimum Gasteiger partial charge on any atom is -0.478 e. The average Bonchev–Trinajstić information content (AvgIpc) is 3.78. The summed E-state index contributed by atoms with van der Waals surface area (Å²) in [7, 11) is 0. The number of aliphatic carboxylic acids is 2. The normalized spacial score (nSPS) is 13.5. The van der Waals surface area contributed by atoms with Crippen molar-refractivity contribution >= 4 is 17.6 Å². The second-order valence-corrected chi connectivity index (χ2v) is 11.4. The van der Waals surface area contributed by atoms with Gasteiger partial charge in [-0.3, -0.25) is 19.4 Å². The molecule has 6 aromatic rings. The van der Waals surface area contributed by atoms with E-state index >= 15 is 0 Å². The molecule has 244 valence electrons. The van der Waals surface area contributed by atoms with Gasteiger partial charge in [-0.15, -0.1) is 0 Å². The number of nitrogens with zero attached hydrogens (tertiary/aromatic N) is 7. The fourth-order valence-corrected chi connectivity index (χ4v) is 5.79. The van der Waals surface area contributed by atoms with Crippen molar-refractivity contribution in [1.82, 2.24) is 34.4 Å². The van der Waals surface area contributed by atoms with Gasteiger partial charge in [0.05, 0.1) is 23.0 Å². The number of nitriles is 1.